The summed E-state index contributed by atoms with van der Waals surface area (Å²) in [6.45, 7) is 7.95. The minimum atomic E-state index is -0.121. The van der Waals surface area contributed by atoms with Crippen molar-refractivity contribution in [2.45, 2.75) is 34.1 Å². The van der Waals surface area contributed by atoms with Gasteiger partial charge in [0.1, 0.15) is 11.1 Å². The molecule has 0 spiro atoms. The summed E-state index contributed by atoms with van der Waals surface area (Å²) in [5.74, 6) is -0.121. The molecule has 1 N–H and O–H groups in total. The molecule has 0 aliphatic carbocycles. The largest absolute Gasteiger partial charge is 0.312 e. The number of nitriles is 1. The maximum atomic E-state index is 12.4. The van der Waals surface area contributed by atoms with Crippen LogP contribution in [0.4, 0.5) is 5.00 Å². The molecule has 0 atom stereocenters. The van der Waals surface area contributed by atoms with E-state index >= 15 is 0 Å². The molecule has 104 valence electrons. The smallest absolute Gasteiger partial charge is 0.257 e. The van der Waals surface area contributed by atoms with Crippen molar-refractivity contribution in [3.8, 4) is 6.07 Å². The molecule has 2 aromatic heterocycles. The van der Waals surface area contributed by atoms with Gasteiger partial charge < -0.3 is 5.32 Å². The molecular formula is C15H16N2OS2. The van der Waals surface area contributed by atoms with Gasteiger partial charge in [-0.1, -0.05) is 6.92 Å². The van der Waals surface area contributed by atoms with Gasteiger partial charge in [-0.15, -0.1) is 22.7 Å². The average molecular weight is 304 g/mol. The van der Waals surface area contributed by atoms with Crippen molar-refractivity contribution in [2.24, 2.45) is 0 Å². The van der Waals surface area contributed by atoms with Gasteiger partial charge in [-0.2, -0.15) is 5.26 Å². The maximum Gasteiger partial charge on any atom is 0.257 e. The fourth-order valence-electron chi connectivity index (χ4n) is 2.13. The van der Waals surface area contributed by atoms with E-state index in [0.717, 1.165) is 28.0 Å². The third-order valence-corrected chi connectivity index (χ3v) is 5.50. The Morgan fingerprint density at radius 1 is 1.35 bits per heavy atom. The summed E-state index contributed by atoms with van der Waals surface area (Å²) in [5, 5.41) is 14.6. The summed E-state index contributed by atoms with van der Waals surface area (Å²) < 4.78 is 0. The van der Waals surface area contributed by atoms with Gasteiger partial charge >= 0.3 is 0 Å². The van der Waals surface area contributed by atoms with Crippen LogP contribution in [-0.2, 0) is 6.42 Å². The van der Waals surface area contributed by atoms with E-state index in [1.165, 1.54) is 16.2 Å². The highest BCUT2D eigenvalue weighted by molar-refractivity contribution is 7.16. The number of hydrogen-bond donors (Lipinski definition) is 1. The molecule has 0 fully saturated rings. The van der Waals surface area contributed by atoms with Crippen LogP contribution >= 0.6 is 22.7 Å². The zero-order valence-electron chi connectivity index (χ0n) is 12.0. The second kappa shape index (κ2) is 5.78. The molecule has 0 saturated heterocycles. The van der Waals surface area contributed by atoms with E-state index in [-0.39, 0.29) is 5.91 Å². The first kappa shape index (κ1) is 14.8. The molecule has 0 aliphatic heterocycles. The van der Waals surface area contributed by atoms with Crippen LogP contribution in [0.3, 0.4) is 0 Å². The second-order valence-corrected chi connectivity index (χ2v) is 6.90. The Morgan fingerprint density at radius 2 is 2.05 bits per heavy atom. The molecule has 0 saturated carbocycles. The van der Waals surface area contributed by atoms with Crippen molar-refractivity contribution in [3.63, 3.8) is 0 Å². The van der Waals surface area contributed by atoms with E-state index in [1.54, 1.807) is 11.3 Å². The van der Waals surface area contributed by atoms with Crippen LogP contribution in [0, 0.1) is 32.1 Å². The number of thiophene rings is 2. The third-order valence-electron chi connectivity index (χ3n) is 3.43. The van der Waals surface area contributed by atoms with Gasteiger partial charge in [-0.25, -0.2) is 0 Å². The summed E-state index contributed by atoms with van der Waals surface area (Å²) in [5.41, 5.74) is 3.34. The van der Waals surface area contributed by atoms with Crippen molar-refractivity contribution in [1.82, 2.24) is 0 Å². The van der Waals surface area contributed by atoms with E-state index in [1.807, 2.05) is 33.1 Å². The van der Waals surface area contributed by atoms with Crippen molar-refractivity contribution < 1.29 is 4.79 Å². The zero-order chi connectivity index (χ0) is 14.9. The summed E-state index contributed by atoms with van der Waals surface area (Å²) >= 11 is 3.05. The van der Waals surface area contributed by atoms with Crippen LogP contribution in [-0.4, -0.2) is 5.91 Å². The van der Waals surface area contributed by atoms with E-state index < -0.39 is 0 Å². The average Bonchev–Trinajstić information content (AvgIpc) is 2.91. The van der Waals surface area contributed by atoms with Gasteiger partial charge in [0.15, 0.2) is 0 Å². The third kappa shape index (κ3) is 2.49. The Kier molecular flexibility index (Phi) is 4.26. The van der Waals surface area contributed by atoms with Gasteiger partial charge in [0.2, 0.25) is 0 Å². The van der Waals surface area contributed by atoms with Gasteiger partial charge in [0.05, 0.1) is 11.1 Å². The molecule has 1 amide bonds. The Labute approximate surface area is 126 Å². The van der Waals surface area contributed by atoms with Crippen molar-refractivity contribution in [3.05, 3.63) is 37.4 Å². The molecule has 2 heterocycles. The zero-order valence-corrected chi connectivity index (χ0v) is 13.6. The number of hydrogen-bond acceptors (Lipinski definition) is 4. The van der Waals surface area contributed by atoms with Crippen molar-refractivity contribution in [2.75, 3.05) is 5.32 Å². The summed E-state index contributed by atoms with van der Waals surface area (Å²) in [4.78, 5) is 14.6. The molecule has 3 nitrogen and oxygen atoms in total. The normalized spacial score (nSPS) is 10.3. The predicted octanol–water partition coefficient (Wildman–Crippen LogP) is 4.42. The number of amides is 1. The standard InChI is InChI=1S/C15H16N2OS2/c1-5-11-10(4)19-7-13(11)14(18)17-15-12(6-16)8(2)9(3)20-15/h7H,5H2,1-4H3,(H,17,18). The van der Waals surface area contributed by atoms with E-state index in [2.05, 4.69) is 11.4 Å². The molecule has 0 radical (unpaired) electrons. The lowest BCUT2D eigenvalue weighted by atomic mass is 10.1. The molecule has 0 bridgehead atoms. The molecule has 0 aromatic carbocycles. The SMILES string of the molecule is CCc1c(C(=O)Nc2sc(C)c(C)c2C#N)csc1C. The molecule has 5 heteroatoms. The van der Waals surface area contributed by atoms with Crippen LogP contribution < -0.4 is 5.32 Å². The van der Waals surface area contributed by atoms with Crippen LogP contribution in [0.5, 0.6) is 0 Å². The predicted molar refractivity (Wildman–Crippen MR) is 84.9 cm³/mol. The van der Waals surface area contributed by atoms with Crippen molar-refractivity contribution in [1.29, 1.82) is 5.26 Å². The molecule has 20 heavy (non-hydrogen) atoms. The molecule has 0 aliphatic rings. The maximum absolute atomic E-state index is 12.4. The Hall–Kier alpha value is -1.64. The second-order valence-electron chi connectivity index (χ2n) is 4.59. The highest BCUT2D eigenvalue weighted by Crippen LogP contribution is 2.32. The van der Waals surface area contributed by atoms with Crippen LogP contribution in [0.2, 0.25) is 0 Å². The van der Waals surface area contributed by atoms with Crippen LogP contribution in [0.25, 0.3) is 0 Å². The van der Waals surface area contributed by atoms with Gasteiger partial charge in [-0.05, 0) is 38.3 Å². The summed E-state index contributed by atoms with van der Waals surface area (Å²) in [7, 11) is 0. The number of aryl methyl sites for hydroxylation is 2. The molecule has 2 rings (SSSR count). The number of rotatable bonds is 3. The topological polar surface area (TPSA) is 52.9 Å². The lowest BCUT2D eigenvalue weighted by Crippen LogP contribution is -2.12. The van der Waals surface area contributed by atoms with Gasteiger partial charge in [-0.3, -0.25) is 4.79 Å². The first-order valence-corrected chi connectivity index (χ1v) is 8.07. The summed E-state index contributed by atoms with van der Waals surface area (Å²) in [6, 6.07) is 2.17. The number of carbonyl (C=O) groups is 1. The number of nitrogens with zero attached hydrogens (tertiary/aromatic N) is 1. The van der Waals surface area contributed by atoms with Gasteiger partial charge in [0.25, 0.3) is 5.91 Å². The summed E-state index contributed by atoms with van der Waals surface area (Å²) in [6.07, 6.45) is 0.839. The molecular weight excluding hydrogens is 288 g/mol. The fraction of sp³-hybridized carbons (Fsp3) is 0.333. The fourth-order valence-corrected chi connectivity index (χ4v) is 4.08. The quantitative estimate of drug-likeness (QED) is 0.912. The lowest BCUT2D eigenvalue weighted by Gasteiger charge is -2.04. The number of carbonyl (C=O) groups excluding carboxylic acids is 1. The van der Waals surface area contributed by atoms with Crippen molar-refractivity contribution >= 4 is 33.6 Å². The first-order chi connectivity index (χ1) is 9.49. The van der Waals surface area contributed by atoms with E-state index in [4.69, 9.17) is 0 Å². The first-order valence-electron chi connectivity index (χ1n) is 6.38. The van der Waals surface area contributed by atoms with Gasteiger partial charge in [0, 0.05) is 15.1 Å². The minimum absolute atomic E-state index is 0.121. The number of anilines is 1. The molecule has 0 unspecified atom stereocenters. The highest BCUT2D eigenvalue weighted by atomic mass is 32.1. The van der Waals surface area contributed by atoms with E-state index in [0.29, 0.717) is 10.6 Å². The van der Waals surface area contributed by atoms with Crippen LogP contribution in [0.15, 0.2) is 5.38 Å². The highest BCUT2D eigenvalue weighted by Gasteiger charge is 2.18. The molecule has 2 aromatic rings. The van der Waals surface area contributed by atoms with E-state index in [9.17, 15) is 10.1 Å². The minimum Gasteiger partial charge on any atom is -0.312 e. The number of nitrogens with one attached hydrogen (secondary N) is 1. The van der Waals surface area contributed by atoms with Crippen LogP contribution in [0.1, 0.15) is 43.7 Å². The monoisotopic (exact) mass is 304 g/mol. The Balaban J connectivity index is 2.33. The Bertz CT molecular complexity index is 704. The lowest BCUT2D eigenvalue weighted by molar-refractivity contribution is 0.102. The Morgan fingerprint density at radius 3 is 2.65 bits per heavy atom.